The number of nitrogens with zero attached hydrogens (tertiary/aromatic N) is 1. The van der Waals surface area contributed by atoms with Crippen LogP contribution in [0.4, 0.5) is 11.5 Å². The molecule has 5 nitrogen and oxygen atoms in total. The molecule has 0 aliphatic carbocycles. The largest absolute Gasteiger partial charge is 0.497 e. The first kappa shape index (κ1) is 14.1. The number of aryl methyl sites for hydroxylation is 1. The van der Waals surface area contributed by atoms with Crippen LogP contribution >= 0.6 is 11.6 Å². The summed E-state index contributed by atoms with van der Waals surface area (Å²) in [4.78, 5) is 16.0. The zero-order valence-electron chi connectivity index (χ0n) is 11.1. The molecular weight excluding hydrogens is 278 g/mol. The zero-order chi connectivity index (χ0) is 14.7. The normalized spacial score (nSPS) is 10.2. The van der Waals surface area contributed by atoms with E-state index >= 15 is 0 Å². The molecule has 1 amide bonds. The van der Waals surface area contributed by atoms with Gasteiger partial charge >= 0.3 is 0 Å². The Morgan fingerprint density at radius 3 is 2.75 bits per heavy atom. The molecule has 6 heteroatoms. The number of nitrogens with one attached hydrogen (secondary N) is 1. The second-order valence-corrected chi connectivity index (χ2v) is 4.63. The number of halogens is 1. The predicted octanol–water partition coefficient (Wildman–Crippen LogP) is 2.89. The molecule has 104 valence electrons. The number of hydrogen-bond acceptors (Lipinski definition) is 4. The monoisotopic (exact) mass is 291 g/mol. The van der Waals surface area contributed by atoms with Gasteiger partial charge in [-0.15, -0.1) is 0 Å². The number of carbonyl (C=O) groups excluding carboxylic acids is 1. The molecular formula is C14H14ClN3O2. The summed E-state index contributed by atoms with van der Waals surface area (Å²) in [7, 11) is 1.59. The van der Waals surface area contributed by atoms with Gasteiger partial charge in [0.25, 0.3) is 5.91 Å². The average Bonchev–Trinajstić information content (AvgIpc) is 2.43. The molecule has 0 saturated carbocycles. The Kier molecular flexibility index (Phi) is 4.10. The minimum atomic E-state index is -0.298. The van der Waals surface area contributed by atoms with Crippen LogP contribution in [0.2, 0.25) is 5.02 Å². The van der Waals surface area contributed by atoms with Crippen LogP contribution in [-0.4, -0.2) is 18.0 Å². The van der Waals surface area contributed by atoms with Crippen LogP contribution in [-0.2, 0) is 0 Å². The van der Waals surface area contributed by atoms with Gasteiger partial charge in [0.05, 0.1) is 17.7 Å². The molecule has 20 heavy (non-hydrogen) atoms. The lowest BCUT2D eigenvalue weighted by molar-refractivity contribution is 0.102. The van der Waals surface area contributed by atoms with E-state index in [4.69, 9.17) is 22.1 Å². The molecule has 1 aromatic carbocycles. The molecule has 0 bridgehead atoms. The van der Waals surface area contributed by atoms with Crippen LogP contribution in [0.3, 0.4) is 0 Å². The van der Waals surface area contributed by atoms with Crippen LogP contribution in [0.1, 0.15) is 15.9 Å². The molecule has 0 unspecified atom stereocenters. The average molecular weight is 292 g/mol. The molecule has 1 heterocycles. The van der Waals surface area contributed by atoms with Crippen molar-refractivity contribution in [3.8, 4) is 5.75 Å². The van der Waals surface area contributed by atoms with Crippen molar-refractivity contribution in [3.05, 3.63) is 46.6 Å². The topological polar surface area (TPSA) is 77.2 Å². The second kappa shape index (κ2) is 5.79. The van der Waals surface area contributed by atoms with E-state index in [0.29, 0.717) is 11.3 Å². The highest BCUT2D eigenvalue weighted by atomic mass is 35.5. The van der Waals surface area contributed by atoms with E-state index in [2.05, 4.69) is 10.3 Å². The van der Waals surface area contributed by atoms with E-state index in [1.807, 2.05) is 13.0 Å². The van der Waals surface area contributed by atoms with Gasteiger partial charge in [-0.3, -0.25) is 4.79 Å². The summed E-state index contributed by atoms with van der Waals surface area (Å²) >= 11 is 5.85. The summed E-state index contributed by atoms with van der Waals surface area (Å²) in [6, 6.07) is 6.87. The molecule has 1 aromatic heterocycles. The molecule has 2 aromatic rings. The maximum absolute atomic E-state index is 12.1. The quantitative estimate of drug-likeness (QED) is 0.911. The van der Waals surface area contributed by atoms with Crippen LogP contribution < -0.4 is 15.8 Å². The van der Waals surface area contributed by atoms with Crippen molar-refractivity contribution in [2.45, 2.75) is 6.92 Å². The van der Waals surface area contributed by atoms with Gasteiger partial charge in [-0.25, -0.2) is 4.98 Å². The number of benzene rings is 1. The first-order valence-electron chi connectivity index (χ1n) is 5.88. The minimum Gasteiger partial charge on any atom is -0.497 e. The van der Waals surface area contributed by atoms with Gasteiger partial charge < -0.3 is 15.8 Å². The van der Waals surface area contributed by atoms with Crippen molar-refractivity contribution in [2.75, 3.05) is 18.2 Å². The fourth-order valence-electron chi connectivity index (χ4n) is 1.67. The SMILES string of the molecule is COc1ccc(NC(=O)c2cnc(N)c(Cl)c2)c(C)c1. The molecule has 2 rings (SSSR count). The van der Waals surface area contributed by atoms with E-state index in [0.717, 1.165) is 11.3 Å². The lowest BCUT2D eigenvalue weighted by Gasteiger charge is -2.10. The van der Waals surface area contributed by atoms with E-state index in [-0.39, 0.29) is 16.7 Å². The summed E-state index contributed by atoms with van der Waals surface area (Å²) < 4.78 is 5.11. The smallest absolute Gasteiger partial charge is 0.257 e. The highest BCUT2D eigenvalue weighted by Gasteiger charge is 2.10. The number of rotatable bonds is 3. The maximum atomic E-state index is 12.1. The predicted molar refractivity (Wildman–Crippen MR) is 79.3 cm³/mol. The van der Waals surface area contributed by atoms with Crippen molar-refractivity contribution in [3.63, 3.8) is 0 Å². The molecule has 0 spiro atoms. The molecule has 0 aliphatic heterocycles. The van der Waals surface area contributed by atoms with Crippen LogP contribution in [0.5, 0.6) is 5.75 Å². The summed E-state index contributed by atoms with van der Waals surface area (Å²) in [6.07, 6.45) is 1.38. The zero-order valence-corrected chi connectivity index (χ0v) is 11.9. The summed E-state index contributed by atoms with van der Waals surface area (Å²) in [5, 5.41) is 3.04. The standard InChI is InChI=1S/C14H14ClN3O2/c1-8-5-10(20-2)3-4-12(8)18-14(19)9-6-11(15)13(16)17-7-9/h3-7H,1-2H3,(H2,16,17)(H,18,19). The van der Waals surface area contributed by atoms with Crippen molar-refractivity contribution in [2.24, 2.45) is 0 Å². The molecule has 0 aliphatic rings. The number of hydrogen-bond donors (Lipinski definition) is 2. The van der Waals surface area contributed by atoms with Crippen molar-refractivity contribution >= 4 is 29.0 Å². The highest BCUT2D eigenvalue weighted by Crippen LogP contribution is 2.22. The Morgan fingerprint density at radius 1 is 1.40 bits per heavy atom. The third-order valence-electron chi connectivity index (χ3n) is 2.81. The number of methoxy groups -OCH3 is 1. The Morgan fingerprint density at radius 2 is 2.15 bits per heavy atom. The fraction of sp³-hybridized carbons (Fsp3) is 0.143. The Hall–Kier alpha value is -2.27. The third-order valence-corrected chi connectivity index (χ3v) is 3.12. The second-order valence-electron chi connectivity index (χ2n) is 4.23. The molecule has 0 saturated heterocycles. The maximum Gasteiger partial charge on any atom is 0.257 e. The van der Waals surface area contributed by atoms with E-state index in [1.54, 1.807) is 19.2 Å². The molecule has 0 atom stereocenters. The first-order chi connectivity index (χ1) is 9.51. The number of amides is 1. The van der Waals surface area contributed by atoms with Crippen molar-refractivity contribution < 1.29 is 9.53 Å². The summed E-state index contributed by atoms with van der Waals surface area (Å²) in [5.74, 6) is 0.634. The van der Waals surface area contributed by atoms with Gasteiger partial charge in [0.1, 0.15) is 11.6 Å². The highest BCUT2D eigenvalue weighted by molar-refractivity contribution is 6.33. The number of aromatic nitrogens is 1. The molecule has 3 N–H and O–H groups in total. The van der Waals surface area contributed by atoms with Crippen LogP contribution in [0.15, 0.2) is 30.5 Å². The number of anilines is 2. The van der Waals surface area contributed by atoms with Gasteiger partial charge in [0.15, 0.2) is 0 Å². The number of nitrogen functional groups attached to an aromatic ring is 1. The lowest BCUT2D eigenvalue weighted by Crippen LogP contribution is -2.13. The molecule has 0 fully saturated rings. The Bertz CT molecular complexity index is 659. The summed E-state index contributed by atoms with van der Waals surface area (Å²) in [6.45, 7) is 1.88. The first-order valence-corrected chi connectivity index (χ1v) is 6.26. The van der Waals surface area contributed by atoms with E-state index in [9.17, 15) is 4.79 Å². The Labute approximate surface area is 121 Å². The van der Waals surface area contributed by atoms with Gasteiger partial charge in [0, 0.05) is 11.9 Å². The molecule has 0 radical (unpaired) electrons. The van der Waals surface area contributed by atoms with E-state index < -0.39 is 0 Å². The number of ether oxygens (including phenoxy) is 1. The summed E-state index contributed by atoms with van der Waals surface area (Å²) in [5.41, 5.74) is 7.45. The van der Waals surface area contributed by atoms with Gasteiger partial charge in [0.2, 0.25) is 0 Å². The van der Waals surface area contributed by atoms with Gasteiger partial charge in [-0.05, 0) is 36.8 Å². The minimum absolute atomic E-state index is 0.198. The van der Waals surface area contributed by atoms with Crippen LogP contribution in [0, 0.1) is 6.92 Å². The van der Waals surface area contributed by atoms with Gasteiger partial charge in [-0.1, -0.05) is 11.6 Å². The number of nitrogens with two attached hydrogens (primary N) is 1. The Balaban J connectivity index is 2.21. The van der Waals surface area contributed by atoms with Crippen molar-refractivity contribution in [1.82, 2.24) is 4.98 Å². The number of carbonyl (C=O) groups is 1. The van der Waals surface area contributed by atoms with E-state index in [1.165, 1.54) is 12.3 Å². The number of pyridine rings is 1. The van der Waals surface area contributed by atoms with Crippen LogP contribution in [0.25, 0.3) is 0 Å². The van der Waals surface area contributed by atoms with Crippen molar-refractivity contribution in [1.29, 1.82) is 0 Å². The third kappa shape index (κ3) is 3.00. The van der Waals surface area contributed by atoms with Gasteiger partial charge in [-0.2, -0.15) is 0 Å². The lowest BCUT2D eigenvalue weighted by atomic mass is 10.1. The fourth-order valence-corrected chi connectivity index (χ4v) is 1.84.